The fourth-order valence-corrected chi connectivity index (χ4v) is 5.60. The summed E-state index contributed by atoms with van der Waals surface area (Å²) in [6.07, 6.45) is 7.96. The van der Waals surface area contributed by atoms with Crippen molar-refractivity contribution < 1.29 is 9.90 Å². The topological polar surface area (TPSA) is 87.1 Å². The quantitative estimate of drug-likeness (QED) is 0.540. The van der Waals surface area contributed by atoms with Crippen LogP contribution in [0.5, 0.6) is 0 Å². The van der Waals surface area contributed by atoms with Crippen molar-refractivity contribution in [3.63, 3.8) is 0 Å². The number of carbonyl (C=O) groups excluding carboxylic acids is 1. The molecule has 2 bridgehead atoms. The van der Waals surface area contributed by atoms with Crippen molar-refractivity contribution in [2.24, 2.45) is 0 Å². The molecule has 2 fully saturated rings. The zero-order valence-corrected chi connectivity index (χ0v) is 18.9. The number of hydrogen-bond donors (Lipinski definition) is 1. The third-order valence-electron chi connectivity index (χ3n) is 7.23. The first kappa shape index (κ1) is 21.6. The Labute approximate surface area is 193 Å². The van der Waals surface area contributed by atoms with E-state index in [1.54, 1.807) is 6.20 Å². The largest absolute Gasteiger partial charge is 0.391 e. The van der Waals surface area contributed by atoms with E-state index >= 15 is 0 Å². The molecule has 1 aromatic carbocycles. The number of hydrogen-bond acceptors (Lipinski definition) is 5. The number of nitrogens with zero attached hydrogens (tertiary/aromatic N) is 5. The van der Waals surface area contributed by atoms with Crippen LogP contribution in [0, 0.1) is 18.3 Å². The van der Waals surface area contributed by atoms with Gasteiger partial charge in [0.15, 0.2) is 5.78 Å². The lowest BCUT2D eigenvalue weighted by atomic mass is 9.98. The number of rotatable bonds is 8. The van der Waals surface area contributed by atoms with Crippen LogP contribution in [0.3, 0.4) is 0 Å². The molecule has 4 heterocycles. The molecule has 7 nitrogen and oxygen atoms in total. The third-order valence-corrected chi connectivity index (χ3v) is 7.23. The standard InChI is InChI=1S/C26H29N5O2/c1-18-23(26(33)17-30-21-9-10-24(30)25(32)15-21)14-22(4-2-12-29-13-3-11-28-29)31(18)20-7-5-19(16-27)6-8-20/h3,5-8,11,13-14,21,24-25,32H,2,4,9-10,12,15,17H2,1H3/t21?,24?,25-/m1/s1. The van der Waals surface area contributed by atoms with Gasteiger partial charge in [0.2, 0.25) is 0 Å². The molecule has 33 heavy (non-hydrogen) atoms. The Morgan fingerprint density at radius 3 is 2.73 bits per heavy atom. The van der Waals surface area contributed by atoms with Gasteiger partial charge in [-0.15, -0.1) is 0 Å². The molecular weight excluding hydrogens is 414 g/mol. The molecule has 0 spiro atoms. The first-order chi connectivity index (χ1) is 16.0. The van der Waals surface area contributed by atoms with Gasteiger partial charge in [-0.3, -0.25) is 14.4 Å². The molecule has 2 aromatic heterocycles. The van der Waals surface area contributed by atoms with Crippen LogP contribution in [-0.4, -0.2) is 54.9 Å². The minimum Gasteiger partial charge on any atom is -0.391 e. The fourth-order valence-electron chi connectivity index (χ4n) is 5.60. The lowest BCUT2D eigenvalue weighted by molar-refractivity contribution is 0.0873. The highest BCUT2D eigenvalue weighted by molar-refractivity contribution is 5.99. The number of aryl methyl sites for hydroxylation is 2. The predicted octanol–water partition coefficient (Wildman–Crippen LogP) is 3.27. The highest BCUT2D eigenvalue weighted by atomic mass is 16.3. The normalized spacial score (nSPS) is 22.0. The summed E-state index contributed by atoms with van der Waals surface area (Å²) >= 11 is 0. The fraction of sp³-hybridized carbons (Fsp3) is 0.423. The van der Waals surface area contributed by atoms with Gasteiger partial charge in [0.05, 0.1) is 24.3 Å². The summed E-state index contributed by atoms with van der Waals surface area (Å²) in [5.74, 6) is 0.110. The number of aliphatic hydroxyl groups is 1. The molecule has 0 radical (unpaired) electrons. The van der Waals surface area contributed by atoms with E-state index in [-0.39, 0.29) is 17.9 Å². The van der Waals surface area contributed by atoms with Crippen LogP contribution in [0.15, 0.2) is 48.8 Å². The molecule has 5 rings (SSSR count). The van der Waals surface area contributed by atoms with E-state index in [9.17, 15) is 9.90 Å². The molecule has 7 heteroatoms. The summed E-state index contributed by atoms with van der Waals surface area (Å²) < 4.78 is 4.06. The summed E-state index contributed by atoms with van der Waals surface area (Å²) in [4.78, 5) is 15.6. The van der Waals surface area contributed by atoms with Crippen LogP contribution >= 0.6 is 0 Å². The van der Waals surface area contributed by atoms with Crippen LogP contribution in [-0.2, 0) is 13.0 Å². The SMILES string of the molecule is Cc1c(C(=O)CN2C3CCC2[C@H](O)C3)cc(CCCn2cccn2)n1-c1ccc(C#N)cc1. The van der Waals surface area contributed by atoms with Crippen molar-refractivity contribution in [2.75, 3.05) is 6.54 Å². The van der Waals surface area contributed by atoms with E-state index < -0.39 is 0 Å². The molecule has 2 saturated heterocycles. The molecular formula is C26H29N5O2. The van der Waals surface area contributed by atoms with Gasteiger partial charge in [-0.05, 0) is 75.4 Å². The number of ketones is 1. The van der Waals surface area contributed by atoms with Crippen molar-refractivity contribution in [3.05, 3.63) is 71.3 Å². The second-order valence-corrected chi connectivity index (χ2v) is 9.20. The van der Waals surface area contributed by atoms with Crippen LogP contribution < -0.4 is 0 Å². The number of carbonyl (C=O) groups is 1. The molecule has 0 aliphatic carbocycles. The lowest BCUT2D eigenvalue weighted by Crippen LogP contribution is -2.36. The summed E-state index contributed by atoms with van der Waals surface area (Å²) in [7, 11) is 0. The molecule has 0 saturated carbocycles. The first-order valence-electron chi connectivity index (χ1n) is 11.7. The number of aliphatic hydroxyl groups excluding tert-OH is 1. The maximum absolute atomic E-state index is 13.4. The number of nitriles is 1. The van der Waals surface area contributed by atoms with Gasteiger partial charge in [-0.2, -0.15) is 10.4 Å². The summed E-state index contributed by atoms with van der Waals surface area (Å²) in [6.45, 7) is 3.16. The van der Waals surface area contributed by atoms with Gasteiger partial charge >= 0.3 is 0 Å². The van der Waals surface area contributed by atoms with Crippen LogP contribution in [0.4, 0.5) is 0 Å². The van der Waals surface area contributed by atoms with Crippen molar-refractivity contribution in [3.8, 4) is 11.8 Å². The smallest absolute Gasteiger partial charge is 0.178 e. The van der Waals surface area contributed by atoms with Gasteiger partial charge < -0.3 is 9.67 Å². The minimum atomic E-state index is -0.307. The lowest BCUT2D eigenvalue weighted by Gasteiger charge is -2.21. The second kappa shape index (κ2) is 8.97. The Kier molecular flexibility index (Phi) is 5.88. The Hall–Kier alpha value is -3.21. The Morgan fingerprint density at radius 2 is 2.09 bits per heavy atom. The van der Waals surface area contributed by atoms with Gasteiger partial charge in [-0.1, -0.05) is 0 Å². The van der Waals surface area contributed by atoms with Crippen molar-refractivity contribution in [1.82, 2.24) is 19.2 Å². The summed E-state index contributed by atoms with van der Waals surface area (Å²) in [5.41, 5.74) is 4.32. The van der Waals surface area contributed by atoms with Crippen LogP contribution in [0.25, 0.3) is 5.69 Å². The predicted molar refractivity (Wildman–Crippen MR) is 124 cm³/mol. The molecule has 1 N–H and O–H groups in total. The summed E-state index contributed by atoms with van der Waals surface area (Å²) in [5, 5.41) is 23.7. The van der Waals surface area contributed by atoms with Crippen molar-refractivity contribution >= 4 is 5.78 Å². The molecule has 2 unspecified atom stereocenters. The monoisotopic (exact) mass is 443 g/mol. The van der Waals surface area contributed by atoms with E-state index in [1.165, 1.54) is 0 Å². The van der Waals surface area contributed by atoms with Gasteiger partial charge in [0, 0.05) is 53.7 Å². The number of benzene rings is 1. The maximum atomic E-state index is 13.4. The van der Waals surface area contributed by atoms with E-state index in [1.807, 2.05) is 54.2 Å². The van der Waals surface area contributed by atoms with Crippen LogP contribution in [0.2, 0.25) is 0 Å². The van der Waals surface area contributed by atoms with E-state index in [0.29, 0.717) is 18.2 Å². The number of aromatic nitrogens is 3. The van der Waals surface area contributed by atoms with E-state index in [2.05, 4.69) is 20.6 Å². The Bertz CT molecular complexity index is 1170. The Balaban J connectivity index is 1.41. The van der Waals surface area contributed by atoms with Gasteiger partial charge in [0.25, 0.3) is 0 Å². The Morgan fingerprint density at radius 1 is 1.27 bits per heavy atom. The molecule has 170 valence electrons. The van der Waals surface area contributed by atoms with Crippen molar-refractivity contribution in [2.45, 2.75) is 63.8 Å². The first-order valence-corrected chi connectivity index (χ1v) is 11.7. The molecule has 0 amide bonds. The van der Waals surface area contributed by atoms with Gasteiger partial charge in [-0.25, -0.2) is 0 Å². The molecule has 3 aromatic rings. The van der Waals surface area contributed by atoms with Crippen molar-refractivity contribution in [1.29, 1.82) is 5.26 Å². The number of Topliss-reactive ketones (excluding diaryl/α,β-unsaturated/α-hetero) is 1. The van der Waals surface area contributed by atoms with Gasteiger partial charge in [0.1, 0.15) is 0 Å². The average molecular weight is 444 g/mol. The van der Waals surface area contributed by atoms with Crippen LogP contribution in [0.1, 0.15) is 53.0 Å². The molecule has 2 aliphatic rings. The zero-order chi connectivity index (χ0) is 22.9. The maximum Gasteiger partial charge on any atom is 0.178 e. The second-order valence-electron chi connectivity index (χ2n) is 9.20. The average Bonchev–Trinajstić information content (AvgIpc) is 3.59. The minimum absolute atomic E-state index is 0.110. The number of fused-ring (bicyclic) bond motifs is 2. The van der Waals surface area contributed by atoms with E-state index in [4.69, 9.17) is 5.26 Å². The molecule has 2 aliphatic heterocycles. The summed E-state index contributed by atoms with van der Waals surface area (Å²) in [6, 6.07) is 14.1. The van der Waals surface area contributed by atoms with E-state index in [0.717, 1.165) is 61.3 Å². The molecule has 3 atom stereocenters. The highest BCUT2D eigenvalue weighted by Gasteiger charge is 2.46. The third kappa shape index (κ3) is 4.12. The zero-order valence-electron chi connectivity index (χ0n) is 18.9. The highest BCUT2D eigenvalue weighted by Crippen LogP contribution is 2.37.